The van der Waals surface area contributed by atoms with Crippen LogP contribution in [-0.4, -0.2) is 47.7 Å². The maximum Gasteiger partial charge on any atom is 0.289 e. The molecule has 2 aliphatic rings. The van der Waals surface area contributed by atoms with Crippen molar-refractivity contribution >= 4 is 17.6 Å². The summed E-state index contributed by atoms with van der Waals surface area (Å²) in [5, 5.41) is 5.74. The number of Topliss-reactive ketones (excluding diaryl/α,β-unsaturated/α-hetero) is 1. The Morgan fingerprint density at radius 3 is 2.59 bits per heavy atom. The van der Waals surface area contributed by atoms with E-state index in [1.54, 1.807) is 0 Å². The second kappa shape index (κ2) is 6.27. The van der Waals surface area contributed by atoms with Gasteiger partial charge in [0.25, 0.3) is 5.91 Å². The Hall–Kier alpha value is -2.21. The van der Waals surface area contributed by atoms with E-state index in [1.807, 2.05) is 30.3 Å². The van der Waals surface area contributed by atoms with Gasteiger partial charge in [-0.25, -0.2) is 0 Å². The summed E-state index contributed by atoms with van der Waals surface area (Å²) in [6, 6.07) is 8.89. The van der Waals surface area contributed by atoms with E-state index in [1.165, 1.54) is 4.90 Å². The van der Waals surface area contributed by atoms with E-state index in [4.69, 9.17) is 0 Å². The molecule has 3 rings (SSSR count). The topological polar surface area (TPSA) is 78.5 Å². The molecule has 2 heterocycles. The van der Waals surface area contributed by atoms with E-state index in [0.717, 1.165) is 5.56 Å². The minimum atomic E-state index is -0.638. The molecule has 0 radical (unpaired) electrons. The number of carbonyl (C=O) groups excluding carboxylic acids is 3. The predicted molar refractivity (Wildman–Crippen MR) is 79.8 cm³/mol. The largest absolute Gasteiger partial charge is 0.344 e. The maximum absolute atomic E-state index is 12.3. The number of amides is 2. The molecule has 116 valence electrons. The highest BCUT2D eigenvalue weighted by molar-refractivity contribution is 6.38. The lowest BCUT2D eigenvalue weighted by Gasteiger charge is -2.29. The lowest BCUT2D eigenvalue weighted by molar-refractivity contribution is -0.143. The van der Waals surface area contributed by atoms with Crippen LogP contribution in [0.3, 0.4) is 0 Å². The third-order valence-corrected chi connectivity index (χ3v) is 4.17. The number of nitrogens with zero attached hydrogens (tertiary/aromatic N) is 1. The molecule has 6 nitrogen and oxygen atoms in total. The monoisotopic (exact) mass is 301 g/mol. The highest BCUT2D eigenvalue weighted by Gasteiger charge is 2.39. The van der Waals surface area contributed by atoms with Gasteiger partial charge in [0.05, 0.1) is 6.04 Å². The minimum Gasteiger partial charge on any atom is -0.344 e. The molecule has 1 aromatic rings. The Kier molecular flexibility index (Phi) is 4.20. The first-order valence-electron chi connectivity index (χ1n) is 7.54. The summed E-state index contributed by atoms with van der Waals surface area (Å²) < 4.78 is 0. The lowest BCUT2D eigenvalue weighted by atomic mass is 10.1. The van der Waals surface area contributed by atoms with Gasteiger partial charge in [-0.1, -0.05) is 30.3 Å². The first-order valence-corrected chi connectivity index (χ1v) is 7.54. The normalized spacial score (nSPS) is 21.5. The standard InChI is InChI=1S/C16H19N3O3/c20-14-7-6-13(15(21)16(22)18-12-8-17-9-12)19(14)10-11-4-2-1-3-5-11/h1-5,12-13,17H,6-10H2,(H,18,22)/t13-/m1/s1. The number of hydrogen-bond donors (Lipinski definition) is 2. The summed E-state index contributed by atoms with van der Waals surface area (Å²) >= 11 is 0. The van der Waals surface area contributed by atoms with E-state index < -0.39 is 17.7 Å². The van der Waals surface area contributed by atoms with Crippen molar-refractivity contribution < 1.29 is 14.4 Å². The fourth-order valence-electron chi connectivity index (χ4n) is 2.78. The Morgan fingerprint density at radius 2 is 1.95 bits per heavy atom. The van der Waals surface area contributed by atoms with Crippen molar-refractivity contribution in [3.05, 3.63) is 35.9 Å². The van der Waals surface area contributed by atoms with Crippen LogP contribution in [0, 0.1) is 0 Å². The van der Waals surface area contributed by atoms with Gasteiger partial charge in [-0.3, -0.25) is 14.4 Å². The van der Waals surface area contributed by atoms with Crippen LogP contribution in [0.1, 0.15) is 18.4 Å². The van der Waals surface area contributed by atoms with E-state index >= 15 is 0 Å². The van der Waals surface area contributed by atoms with Crippen LogP contribution in [0.2, 0.25) is 0 Å². The van der Waals surface area contributed by atoms with Gasteiger partial charge < -0.3 is 15.5 Å². The second-order valence-corrected chi connectivity index (χ2v) is 5.75. The van der Waals surface area contributed by atoms with Gasteiger partial charge in [0.2, 0.25) is 11.7 Å². The summed E-state index contributed by atoms with van der Waals surface area (Å²) in [6.45, 7) is 1.75. The average Bonchev–Trinajstić information content (AvgIpc) is 2.84. The summed E-state index contributed by atoms with van der Waals surface area (Å²) in [5.41, 5.74) is 0.958. The number of likely N-dealkylation sites (tertiary alicyclic amines) is 1. The minimum absolute atomic E-state index is 0.0242. The Bertz CT molecular complexity index is 584. The zero-order valence-corrected chi connectivity index (χ0v) is 12.2. The number of carbonyl (C=O) groups is 3. The molecule has 0 aromatic heterocycles. The van der Waals surface area contributed by atoms with Gasteiger partial charge in [0.1, 0.15) is 6.04 Å². The van der Waals surface area contributed by atoms with Gasteiger partial charge in [-0.2, -0.15) is 0 Å². The van der Waals surface area contributed by atoms with Crippen LogP contribution in [0.15, 0.2) is 30.3 Å². The Labute approximate surface area is 128 Å². The first-order chi connectivity index (χ1) is 10.6. The third-order valence-electron chi connectivity index (χ3n) is 4.17. The number of nitrogens with one attached hydrogen (secondary N) is 2. The second-order valence-electron chi connectivity index (χ2n) is 5.75. The quantitative estimate of drug-likeness (QED) is 0.741. The van der Waals surface area contributed by atoms with Gasteiger partial charge in [0, 0.05) is 26.1 Å². The van der Waals surface area contributed by atoms with Crippen LogP contribution in [0.4, 0.5) is 0 Å². The summed E-state index contributed by atoms with van der Waals surface area (Å²) in [5.74, 6) is -1.15. The Balaban J connectivity index is 1.66. The van der Waals surface area contributed by atoms with Gasteiger partial charge >= 0.3 is 0 Å². The van der Waals surface area contributed by atoms with Crippen molar-refractivity contribution in [2.45, 2.75) is 31.5 Å². The van der Waals surface area contributed by atoms with E-state index in [2.05, 4.69) is 10.6 Å². The summed E-state index contributed by atoms with van der Waals surface area (Å²) in [4.78, 5) is 37.9. The molecule has 1 aromatic carbocycles. The van der Waals surface area contributed by atoms with Gasteiger partial charge in [-0.05, 0) is 12.0 Å². The molecule has 1 atom stereocenters. The zero-order valence-electron chi connectivity index (χ0n) is 12.2. The molecule has 0 bridgehead atoms. The molecule has 0 spiro atoms. The first kappa shape index (κ1) is 14.7. The highest BCUT2D eigenvalue weighted by atomic mass is 16.2. The molecule has 2 fully saturated rings. The van der Waals surface area contributed by atoms with Crippen molar-refractivity contribution in [3.63, 3.8) is 0 Å². The molecule has 6 heteroatoms. The third kappa shape index (κ3) is 3.01. The van der Waals surface area contributed by atoms with E-state index in [-0.39, 0.29) is 11.9 Å². The zero-order chi connectivity index (χ0) is 15.5. The predicted octanol–water partition coefficient (Wildman–Crippen LogP) is -0.165. The average molecular weight is 301 g/mol. The van der Waals surface area contributed by atoms with Crippen molar-refractivity contribution in [1.82, 2.24) is 15.5 Å². The highest BCUT2D eigenvalue weighted by Crippen LogP contribution is 2.22. The number of ketones is 1. The lowest BCUT2D eigenvalue weighted by Crippen LogP contribution is -2.59. The van der Waals surface area contributed by atoms with Crippen LogP contribution in [-0.2, 0) is 20.9 Å². The number of hydrogen-bond acceptors (Lipinski definition) is 4. The molecule has 2 aliphatic heterocycles. The molecule has 0 aliphatic carbocycles. The fraction of sp³-hybridized carbons (Fsp3) is 0.438. The molecular formula is C16H19N3O3. The fourth-order valence-corrected chi connectivity index (χ4v) is 2.78. The summed E-state index contributed by atoms with van der Waals surface area (Å²) in [7, 11) is 0. The maximum atomic E-state index is 12.3. The van der Waals surface area contributed by atoms with Crippen molar-refractivity contribution in [2.24, 2.45) is 0 Å². The van der Waals surface area contributed by atoms with Gasteiger partial charge in [-0.15, -0.1) is 0 Å². The smallest absolute Gasteiger partial charge is 0.289 e. The molecule has 2 amide bonds. The Morgan fingerprint density at radius 1 is 1.23 bits per heavy atom. The van der Waals surface area contributed by atoms with Crippen molar-refractivity contribution in [3.8, 4) is 0 Å². The number of benzene rings is 1. The van der Waals surface area contributed by atoms with Crippen LogP contribution >= 0.6 is 0 Å². The molecule has 2 saturated heterocycles. The van der Waals surface area contributed by atoms with Crippen LogP contribution < -0.4 is 10.6 Å². The van der Waals surface area contributed by atoms with Crippen LogP contribution in [0.25, 0.3) is 0 Å². The van der Waals surface area contributed by atoms with Crippen molar-refractivity contribution in [1.29, 1.82) is 0 Å². The van der Waals surface area contributed by atoms with E-state index in [0.29, 0.717) is 32.5 Å². The van der Waals surface area contributed by atoms with Gasteiger partial charge in [0.15, 0.2) is 0 Å². The van der Waals surface area contributed by atoms with Crippen molar-refractivity contribution in [2.75, 3.05) is 13.1 Å². The molecule has 22 heavy (non-hydrogen) atoms. The molecule has 0 unspecified atom stereocenters. The SMILES string of the molecule is O=C(NC1CNC1)C(=O)[C@H]1CCC(=O)N1Cc1ccccc1. The van der Waals surface area contributed by atoms with Crippen LogP contribution in [0.5, 0.6) is 0 Å². The molecule has 0 saturated carbocycles. The van der Waals surface area contributed by atoms with E-state index in [9.17, 15) is 14.4 Å². The number of rotatable bonds is 5. The summed E-state index contributed by atoms with van der Waals surface area (Å²) in [6.07, 6.45) is 0.738. The molecular weight excluding hydrogens is 282 g/mol. The molecule has 2 N–H and O–H groups in total.